The molecule has 0 radical (unpaired) electrons. The number of hydrogen-bond acceptors (Lipinski definition) is 8. The fourth-order valence-corrected chi connectivity index (χ4v) is 5.56. The number of benzene rings is 1. The molecule has 0 N–H and O–H groups in total. The lowest BCUT2D eigenvalue weighted by atomic mass is 9.91. The van der Waals surface area contributed by atoms with Crippen molar-refractivity contribution in [2.45, 2.75) is 43.9 Å². The van der Waals surface area contributed by atoms with Crippen molar-refractivity contribution >= 4 is 23.2 Å². The third-order valence-electron chi connectivity index (χ3n) is 6.70. The molecule has 8 nitrogen and oxygen atoms in total. The number of hydrogen-bond donors (Lipinski definition) is 0. The van der Waals surface area contributed by atoms with Crippen LogP contribution in [0.15, 0.2) is 40.2 Å². The van der Waals surface area contributed by atoms with Crippen LogP contribution in [0, 0.1) is 0 Å². The summed E-state index contributed by atoms with van der Waals surface area (Å²) >= 11 is 1.58. The molecule has 2 fully saturated rings. The van der Waals surface area contributed by atoms with Crippen LogP contribution in [0.5, 0.6) is 5.75 Å². The number of rotatable bonds is 7. The topological polar surface area (TPSA) is 94.8 Å². The van der Waals surface area contributed by atoms with Crippen molar-refractivity contribution in [2.75, 3.05) is 26.8 Å². The van der Waals surface area contributed by atoms with Crippen LogP contribution in [0.3, 0.4) is 0 Å². The van der Waals surface area contributed by atoms with Crippen LogP contribution in [0.1, 0.15) is 59.6 Å². The zero-order chi connectivity index (χ0) is 23.7. The number of amides is 1. The molecule has 1 aromatic carbocycles. The zero-order valence-electron chi connectivity index (χ0n) is 19.3. The summed E-state index contributed by atoms with van der Waals surface area (Å²) in [6.45, 7) is 3.48. The Kier molecular flexibility index (Phi) is 6.12. The van der Waals surface area contributed by atoms with Gasteiger partial charge in [0.2, 0.25) is 5.91 Å². The third kappa shape index (κ3) is 4.20. The van der Waals surface area contributed by atoms with E-state index in [0.29, 0.717) is 17.4 Å². The van der Waals surface area contributed by atoms with Crippen LogP contribution >= 0.6 is 11.3 Å². The number of carbonyl (C=O) groups excluding carboxylic acids is 2. The lowest BCUT2D eigenvalue weighted by Gasteiger charge is -2.34. The van der Waals surface area contributed by atoms with Crippen molar-refractivity contribution in [2.24, 2.45) is 0 Å². The highest BCUT2D eigenvalue weighted by atomic mass is 32.1. The number of ether oxygens (including phenoxy) is 2. The maximum atomic E-state index is 13.4. The molecule has 3 aromatic rings. The Morgan fingerprint density at radius 1 is 1.21 bits per heavy atom. The fraction of sp³-hybridized carbons (Fsp3) is 0.440. The van der Waals surface area contributed by atoms with Crippen LogP contribution in [-0.2, 0) is 14.9 Å². The van der Waals surface area contributed by atoms with Gasteiger partial charge in [0.15, 0.2) is 11.5 Å². The van der Waals surface area contributed by atoms with E-state index in [1.165, 1.54) is 0 Å². The Morgan fingerprint density at radius 2 is 1.94 bits per heavy atom. The maximum absolute atomic E-state index is 13.4. The van der Waals surface area contributed by atoms with E-state index in [2.05, 4.69) is 5.16 Å². The summed E-state index contributed by atoms with van der Waals surface area (Å²) in [5.41, 5.74) is 1.53. The van der Waals surface area contributed by atoms with Crippen LogP contribution in [0.2, 0.25) is 0 Å². The predicted octanol–water partition coefficient (Wildman–Crippen LogP) is 4.42. The van der Waals surface area contributed by atoms with Crippen molar-refractivity contribution in [1.82, 2.24) is 15.0 Å². The van der Waals surface area contributed by atoms with E-state index in [1.54, 1.807) is 31.4 Å². The first-order valence-electron chi connectivity index (χ1n) is 11.6. The molecule has 1 aliphatic carbocycles. The van der Waals surface area contributed by atoms with E-state index in [-0.39, 0.29) is 23.6 Å². The second kappa shape index (κ2) is 9.21. The number of esters is 1. The van der Waals surface area contributed by atoms with Gasteiger partial charge in [-0.15, -0.1) is 11.3 Å². The van der Waals surface area contributed by atoms with Gasteiger partial charge >= 0.3 is 5.97 Å². The molecular weight excluding hydrogens is 454 g/mol. The molecule has 2 aromatic heterocycles. The third-order valence-corrected chi connectivity index (χ3v) is 7.71. The summed E-state index contributed by atoms with van der Waals surface area (Å²) < 4.78 is 15.5. The van der Waals surface area contributed by atoms with Gasteiger partial charge < -0.3 is 18.9 Å². The Balaban J connectivity index is 1.21. The highest BCUT2D eigenvalue weighted by molar-refractivity contribution is 7.10. The lowest BCUT2D eigenvalue weighted by Crippen LogP contribution is -2.43. The standard InChI is InChI=1S/C25H27N3O5S/c1-3-32-23(29)19-14-21(33-27-19)20-15-34-22(26-20)16-8-12-28(13-9-16)24(30)25(10-11-25)17-4-6-18(31-2)7-5-17/h4-7,14-16H,3,8-13H2,1-2H3. The molecule has 1 saturated heterocycles. The van der Waals surface area contributed by atoms with Crippen LogP contribution in [-0.4, -0.2) is 53.7 Å². The molecule has 1 amide bonds. The maximum Gasteiger partial charge on any atom is 0.360 e. The fourth-order valence-electron chi connectivity index (χ4n) is 4.58. The largest absolute Gasteiger partial charge is 0.497 e. The molecule has 2 aliphatic rings. The highest BCUT2D eigenvalue weighted by Crippen LogP contribution is 2.50. The van der Waals surface area contributed by atoms with Gasteiger partial charge in [0.05, 0.1) is 24.1 Å². The second-order valence-electron chi connectivity index (χ2n) is 8.74. The summed E-state index contributed by atoms with van der Waals surface area (Å²) in [7, 11) is 1.65. The molecule has 34 heavy (non-hydrogen) atoms. The van der Waals surface area contributed by atoms with Crippen molar-refractivity contribution in [1.29, 1.82) is 0 Å². The summed E-state index contributed by atoms with van der Waals surface area (Å²) in [6, 6.07) is 9.46. The Morgan fingerprint density at radius 3 is 2.59 bits per heavy atom. The molecule has 0 bridgehead atoms. The summed E-state index contributed by atoms with van der Waals surface area (Å²) in [5, 5.41) is 6.73. The molecule has 0 atom stereocenters. The second-order valence-corrected chi connectivity index (χ2v) is 9.63. The van der Waals surface area contributed by atoms with Crippen molar-refractivity contribution in [3.05, 3.63) is 52.0 Å². The average molecular weight is 482 g/mol. The Labute approximate surface area is 201 Å². The van der Waals surface area contributed by atoms with Gasteiger partial charge in [-0.1, -0.05) is 17.3 Å². The van der Waals surface area contributed by atoms with E-state index >= 15 is 0 Å². The SMILES string of the molecule is CCOC(=O)c1cc(-c2csc(C3CCN(C(=O)C4(c5ccc(OC)cc5)CC4)CC3)n2)on1. The Bertz CT molecular complexity index is 1170. The van der Waals surface area contributed by atoms with E-state index in [9.17, 15) is 9.59 Å². The molecule has 9 heteroatoms. The van der Waals surface area contributed by atoms with E-state index in [4.69, 9.17) is 19.0 Å². The molecule has 1 aliphatic heterocycles. The summed E-state index contributed by atoms with van der Waals surface area (Å²) in [6.07, 6.45) is 3.56. The monoisotopic (exact) mass is 481 g/mol. The highest BCUT2D eigenvalue weighted by Gasteiger charge is 2.53. The predicted molar refractivity (Wildman–Crippen MR) is 126 cm³/mol. The minimum Gasteiger partial charge on any atom is -0.497 e. The summed E-state index contributed by atoms with van der Waals surface area (Å²) in [5.74, 6) is 1.29. The molecule has 0 unspecified atom stereocenters. The first kappa shape index (κ1) is 22.6. The molecular formula is C25H27N3O5S. The van der Waals surface area contributed by atoms with E-state index in [0.717, 1.165) is 55.1 Å². The van der Waals surface area contributed by atoms with Crippen LogP contribution in [0.25, 0.3) is 11.5 Å². The molecule has 1 saturated carbocycles. The molecule has 5 rings (SSSR count). The average Bonchev–Trinajstić information content (AvgIpc) is 3.28. The smallest absolute Gasteiger partial charge is 0.360 e. The van der Waals surface area contributed by atoms with Gasteiger partial charge in [0.1, 0.15) is 11.4 Å². The lowest BCUT2D eigenvalue weighted by molar-refractivity contribution is -0.135. The van der Waals surface area contributed by atoms with Gasteiger partial charge in [0.25, 0.3) is 0 Å². The molecule has 3 heterocycles. The number of piperidine rings is 1. The van der Waals surface area contributed by atoms with Crippen molar-refractivity contribution in [3.8, 4) is 17.2 Å². The summed E-state index contributed by atoms with van der Waals surface area (Å²) in [4.78, 5) is 32.0. The number of aromatic nitrogens is 2. The minimum absolute atomic E-state index is 0.143. The van der Waals surface area contributed by atoms with Gasteiger partial charge in [-0.05, 0) is 50.3 Å². The normalized spacial score (nSPS) is 17.4. The van der Waals surface area contributed by atoms with Gasteiger partial charge in [-0.2, -0.15) is 0 Å². The quantitative estimate of drug-likeness (QED) is 0.461. The van der Waals surface area contributed by atoms with Gasteiger partial charge in [-0.3, -0.25) is 4.79 Å². The van der Waals surface area contributed by atoms with Gasteiger partial charge in [-0.25, -0.2) is 9.78 Å². The first-order chi connectivity index (χ1) is 16.5. The number of nitrogens with zero attached hydrogens (tertiary/aromatic N) is 3. The number of thiazole rings is 1. The Hall–Kier alpha value is -3.20. The number of methoxy groups -OCH3 is 1. The minimum atomic E-state index is -0.506. The van der Waals surface area contributed by atoms with Crippen molar-refractivity contribution < 1.29 is 23.6 Å². The zero-order valence-corrected chi connectivity index (χ0v) is 20.1. The molecule has 0 spiro atoms. The van der Waals surface area contributed by atoms with Gasteiger partial charge in [0, 0.05) is 30.5 Å². The first-order valence-corrected chi connectivity index (χ1v) is 12.5. The number of likely N-dealkylation sites (tertiary alicyclic amines) is 1. The van der Waals surface area contributed by atoms with Crippen molar-refractivity contribution in [3.63, 3.8) is 0 Å². The van der Waals surface area contributed by atoms with Crippen LogP contribution < -0.4 is 4.74 Å². The van der Waals surface area contributed by atoms with Crippen LogP contribution in [0.4, 0.5) is 0 Å². The molecule has 178 valence electrons. The van der Waals surface area contributed by atoms with E-state index in [1.807, 2.05) is 34.5 Å². The number of carbonyl (C=O) groups is 2. The van der Waals surface area contributed by atoms with E-state index < -0.39 is 5.97 Å².